The summed E-state index contributed by atoms with van der Waals surface area (Å²) in [4.78, 5) is 26.4. The van der Waals surface area contributed by atoms with Crippen LogP contribution in [0.15, 0.2) is 36.0 Å². The molecule has 0 radical (unpaired) electrons. The summed E-state index contributed by atoms with van der Waals surface area (Å²) in [5, 5.41) is 20.2. The lowest BCUT2D eigenvalue weighted by atomic mass is 9.81. The number of allylic oxidation sites excluding steroid dienone is 1. The summed E-state index contributed by atoms with van der Waals surface area (Å²) in [7, 11) is 0. The summed E-state index contributed by atoms with van der Waals surface area (Å²) in [5.74, 6) is -0.523. The van der Waals surface area contributed by atoms with Gasteiger partial charge in [-0.2, -0.15) is 10.5 Å². The van der Waals surface area contributed by atoms with Gasteiger partial charge in [-0.1, -0.05) is 12.8 Å². The van der Waals surface area contributed by atoms with Crippen molar-refractivity contribution in [1.82, 2.24) is 0 Å². The van der Waals surface area contributed by atoms with Crippen LogP contribution < -0.4 is 10.2 Å². The zero-order valence-corrected chi connectivity index (χ0v) is 13.0. The number of hydrogen-bond acceptors (Lipinski definition) is 5. The number of nitrogens with zero attached hydrogens (tertiary/aromatic N) is 3. The summed E-state index contributed by atoms with van der Waals surface area (Å²) < 4.78 is 0. The van der Waals surface area contributed by atoms with Gasteiger partial charge in [-0.3, -0.25) is 14.5 Å². The van der Waals surface area contributed by atoms with Gasteiger partial charge in [-0.25, -0.2) is 0 Å². The predicted octanol–water partition coefficient (Wildman–Crippen LogP) is 2.71. The van der Waals surface area contributed by atoms with Gasteiger partial charge in [0.15, 0.2) is 0 Å². The highest BCUT2D eigenvalue weighted by molar-refractivity contribution is 6.22. The first-order valence-corrected chi connectivity index (χ1v) is 7.90. The molecule has 1 saturated carbocycles. The minimum Gasteiger partial charge on any atom is -0.360 e. The maximum absolute atomic E-state index is 12.5. The fraction of sp³-hybridized carbons (Fsp3) is 0.333. The van der Waals surface area contributed by atoms with Crippen molar-refractivity contribution in [3.05, 3.63) is 36.0 Å². The summed E-state index contributed by atoms with van der Waals surface area (Å²) in [5.41, 5.74) is 1.20. The standard InChI is InChI=1S/C18H16N4O2/c19-9-12(10-20)11-21-13-5-7-14(8-6-13)22-17(23)15-3-1-2-4-16(15)18(22)24/h5-8,11,15-16,21H,1-4H2. The van der Waals surface area contributed by atoms with E-state index in [2.05, 4.69) is 5.32 Å². The molecule has 0 spiro atoms. The van der Waals surface area contributed by atoms with E-state index in [1.165, 1.54) is 11.1 Å². The van der Waals surface area contributed by atoms with Crippen molar-refractivity contribution in [2.75, 3.05) is 10.2 Å². The molecule has 0 aromatic heterocycles. The summed E-state index contributed by atoms with van der Waals surface area (Å²) in [6, 6.07) is 10.3. The third kappa shape index (κ3) is 2.75. The third-order valence-electron chi connectivity index (χ3n) is 4.59. The highest BCUT2D eigenvalue weighted by atomic mass is 16.2. The van der Waals surface area contributed by atoms with E-state index in [9.17, 15) is 9.59 Å². The van der Waals surface area contributed by atoms with E-state index in [-0.39, 0.29) is 29.2 Å². The van der Waals surface area contributed by atoms with Crippen LogP contribution in [0.5, 0.6) is 0 Å². The van der Waals surface area contributed by atoms with Crippen LogP contribution in [0.25, 0.3) is 0 Å². The first-order chi connectivity index (χ1) is 11.7. The predicted molar refractivity (Wildman–Crippen MR) is 87.3 cm³/mol. The Labute approximate surface area is 140 Å². The molecule has 6 heteroatoms. The number of imide groups is 1. The zero-order valence-electron chi connectivity index (χ0n) is 13.0. The normalized spacial score (nSPS) is 22.3. The highest BCUT2D eigenvalue weighted by Crippen LogP contribution is 2.40. The van der Waals surface area contributed by atoms with Gasteiger partial charge in [0.05, 0.1) is 17.5 Å². The Bertz CT molecular complexity index is 743. The molecular weight excluding hydrogens is 304 g/mol. The van der Waals surface area contributed by atoms with E-state index in [1.54, 1.807) is 36.4 Å². The van der Waals surface area contributed by atoms with Gasteiger partial charge in [-0.05, 0) is 37.1 Å². The van der Waals surface area contributed by atoms with E-state index in [0.29, 0.717) is 11.4 Å². The maximum atomic E-state index is 12.5. The van der Waals surface area contributed by atoms with Crippen LogP contribution in [-0.4, -0.2) is 11.8 Å². The monoisotopic (exact) mass is 320 g/mol. The van der Waals surface area contributed by atoms with Crippen molar-refractivity contribution >= 4 is 23.2 Å². The molecule has 2 atom stereocenters. The number of benzene rings is 1. The zero-order chi connectivity index (χ0) is 17.1. The fourth-order valence-electron chi connectivity index (χ4n) is 3.37. The Kier molecular flexibility index (Phi) is 4.31. The van der Waals surface area contributed by atoms with Gasteiger partial charge >= 0.3 is 0 Å². The van der Waals surface area contributed by atoms with Crippen molar-refractivity contribution < 1.29 is 9.59 Å². The van der Waals surface area contributed by atoms with Crippen molar-refractivity contribution in [1.29, 1.82) is 10.5 Å². The molecule has 1 aromatic rings. The van der Waals surface area contributed by atoms with Crippen LogP contribution in [0.4, 0.5) is 11.4 Å². The molecule has 1 aromatic carbocycles. The largest absolute Gasteiger partial charge is 0.360 e. The lowest BCUT2D eigenvalue weighted by Crippen LogP contribution is -2.30. The van der Waals surface area contributed by atoms with Gasteiger partial charge in [0.1, 0.15) is 17.7 Å². The van der Waals surface area contributed by atoms with Crippen molar-refractivity contribution in [2.24, 2.45) is 11.8 Å². The number of hydrogen-bond donors (Lipinski definition) is 1. The summed E-state index contributed by atoms with van der Waals surface area (Å²) >= 11 is 0. The van der Waals surface area contributed by atoms with Crippen LogP contribution in [0.1, 0.15) is 25.7 Å². The van der Waals surface area contributed by atoms with Crippen LogP contribution in [0.3, 0.4) is 0 Å². The number of nitriles is 2. The van der Waals surface area contributed by atoms with Crippen LogP contribution in [0, 0.1) is 34.5 Å². The van der Waals surface area contributed by atoms with Gasteiger partial charge in [0, 0.05) is 11.9 Å². The number of anilines is 2. The topological polar surface area (TPSA) is 97.0 Å². The van der Waals surface area contributed by atoms with E-state index < -0.39 is 0 Å². The van der Waals surface area contributed by atoms with Crippen LogP contribution in [-0.2, 0) is 9.59 Å². The van der Waals surface area contributed by atoms with E-state index in [0.717, 1.165) is 25.7 Å². The molecule has 2 amide bonds. The Hall–Kier alpha value is -3.12. The van der Waals surface area contributed by atoms with Crippen molar-refractivity contribution in [3.8, 4) is 12.1 Å². The Morgan fingerprint density at radius 3 is 2.08 bits per heavy atom. The second kappa shape index (κ2) is 6.55. The molecule has 0 bridgehead atoms. The summed E-state index contributed by atoms with van der Waals surface area (Å²) in [6.07, 6.45) is 4.91. The van der Waals surface area contributed by atoms with Gasteiger partial charge in [0.25, 0.3) is 0 Å². The quantitative estimate of drug-likeness (QED) is 0.682. The Morgan fingerprint density at radius 2 is 1.58 bits per heavy atom. The maximum Gasteiger partial charge on any atom is 0.237 e. The SMILES string of the molecule is N#CC(C#N)=CNc1ccc(N2C(=O)C3CCCCC3C2=O)cc1. The number of amides is 2. The van der Waals surface area contributed by atoms with Crippen LogP contribution in [0.2, 0.25) is 0 Å². The van der Waals surface area contributed by atoms with Gasteiger partial charge in [0.2, 0.25) is 11.8 Å². The molecule has 1 aliphatic heterocycles. The molecule has 6 nitrogen and oxygen atoms in total. The lowest BCUT2D eigenvalue weighted by Gasteiger charge is -2.19. The first-order valence-electron chi connectivity index (χ1n) is 7.90. The molecule has 2 aliphatic rings. The lowest BCUT2D eigenvalue weighted by molar-refractivity contribution is -0.122. The molecular formula is C18H16N4O2. The van der Waals surface area contributed by atoms with E-state index in [4.69, 9.17) is 10.5 Å². The average Bonchev–Trinajstić information content (AvgIpc) is 2.88. The second-order valence-electron chi connectivity index (χ2n) is 5.98. The Balaban J connectivity index is 1.78. The average molecular weight is 320 g/mol. The minimum absolute atomic E-state index is 0.0342. The smallest absolute Gasteiger partial charge is 0.237 e. The molecule has 2 fully saturated rings. The Morgan fingerprint density at radius 1 is 1.04 bits per heavy atom. The van der Waals surface area contributed by atoms with Crippen LogP contribution >= 0.6 is 0 Å². The van der Waals surface area contributed by atoms with E-state index in [1.807, 2.05) is 0 Å². The van der Waals surface area contributed by atoms with Crippen molar-refractivity contribution in [3.63, 3.8) is 0 Å². The number of rotatable bonds is 3. The molecule has 120 valence electrons. The number of carbonyl (C=O) groups is 2. The number of nitrogens with one attached hydrogen (secondary N) is 1. The molecule has 1 N–H and O–H groups in total. The molecule has 1 heterocycles. The first kappa shape index (κ1) is 15.8. The molecule has 1 saturated heterocycles. The minimum atomic E-state index is -0.166. The second-order valence-corrected chi connectivity index (χ2v) is 5.98. The molecule has 1 aliphatic carbocycles. The van der Waals surface area contributed by atoms with Crippen molar-refractivity contribution in [2.45, 2.75) is 25.7 Å². The van der Waals surface area contributed by atoms with Gasteiger partial charge < -0.3 is 5.32 Å². The molecule has 24 heavy (non-hydrogen) atoms. The highest BCUT2D eigenvalue weighted by Gasteiger charge is 2.48. The fourth-order valence-corrected chi connectivity index (χ4v) is 3.37. The number of fused-ring (bicyclic) bond motifs is 1. The van der Waals surface area contributed by atoms with Gasteiger partial charge in [-0.15, -0.1) is 0 Å². The molecule has 2 unspecified atom stereocenters. The third-order valence-corrected chi connectivity index (χ3v) is 4.59. The summed E-state index contributed by atoms with van der Waals surface area (Å²) in [6.45, 7) is 0. The number of carbonyl (C=O) groups excluding carboxylic acids is 2. The molecule has 3 rings (SSSR count). The van der Waals surface area contributed by atoms with E-state index >= 15 is 0 Å².